The van der Waals surface area contributed by atoms with E-state index >= 15 is 0 Å². The topological polar surface area (TPSA) is 75.6 Å². The minimum atomic E-state index is -3.79. The van der Waals surface area contributed by atoms with Crippen LogP contribution in [-0.2, 0) is 14.8 Å². The summed E-state index contributed by atoms with van der Waals surface area (Å²) >= 11 is 0. The van der Waals surface area contributed by atoms with E-state index in [4.69, 9.17) is 9.84 Å². The predicted octanol–water partition coefficient (Wildman–Crippen LogP) is 2.47. The van der Waals surface area contributed by atoms with E-state index in [1.807, 2.05) is 31.2 Å². The molecule has 136 valence electrons. The van der Waals surface area contributed by atoms with E-state index in [0.29, 0.717) is 0 Å². The lowest BCUT2D eigenvalue weighted by Crippen LogP contribution is -2.30. The van der Waals surface area contributed by atoms with Crippen LogP contribution in [0, 0.1) is 19.7 Å². The Kier molecular flexibility index (Phi) is 6.66. The largest absolute Gasteiger partial charge is 0.394 e. The van der Waals surface area contributed by atoms with Gasteiger partial charge in [0.15, 0.2) is 0 Å². The molecule has 0 radical (unpaired) electrons. The number of hydrogen-bond donors (Lipinski definition) is 2. The van der Waals surface area contributed by atoms with Gasteiger partial charge in [0.2, 0.25) is 10.0 Å². The molecule has 0 aliphatic heterocycles. The molecule has 2 N–H and O–H groups in total. The van der Waals surface area contributed by atoms with Crippen molar-refractivity contribution < 1.29 is 22.7 Å². The first-order valence-corrected chi connectivity index (χ1v) is 9.36. The summed E-state index contributed by atoms with van der Waals surface area (Å²) in [5.41, 5.74) is 2.14. The molecule has 7 heteroatoms. The maximum atomic E-state index is 13.3. The van der Waals surface area contributed by atoms with Crippen LogP contribution in [0.25, 0.3) is 0 Å². The number of halogens is 1. The van der Waals surface area contributed by atoms with Gasteiger partial charge in [-0.05, 0) is 43.2 Å². The van der Waals surface area contributed by atoms with Gasteiger partial charge < -0.3 is 9.84 Å². The van der Waals surface area contributed by atoms with Crippen molar-refractivity contribution in [3.05, 3.63) is 65.0 Å². The normalized spacial score (nSPS) is 13.0. The summed E-state index contributed by atoms with van der Waals surface area (Å²) in [6.45, 7) is 3.39. The van der Waals surface area contributed by atoms with Crippen LogP contribution in [0.15, 0.2) is 47.4 Å². The zero-order valence-corrected chi connectivity index (χ0v) is 15.0. The number of hydrogen-bond acceptors (Lipinski definition) is 4. The van der Waals surface area contributed by atoms with Gasteiger partial charge in [-0.3, -0.25) is 0 Å². The standard InChI is InChI=1S/C18H22FNO4S/c1-13-3-5-15(6-4-13)18(24-10-9-21)12-20-25(22,23)16-7-8-17(19)14(2)11-16/h3-8,11,18,20-21H,9-10,12H2,1-2H3/t18-/m0/s1. The molecule has 25 heavy (non-hydrogen) atoms. The second-order valence-corrected chi connectivity index (χ2v) is 7.52. The van der Waals surface area contributed by atoms with E-state index in [9.17, 15) is 12.8 Å². The summed E-state index contributed by atoms with van der Waals surface area (Å²) in [5, 5.41) is 8.97. The Bertz CT molecular complexity index is 806. The van der Waals surface area contributed by atoms with E-state index in [2.05, 4.69) is 4.72 Å². The SMILES string of the molecule is Cc1ccc([C@H](CNS(=O)(=O)c2ccc(F)c(C)c2)OCCO)cc1. The summed E-state index contributed by atoms with van der Waals surface area (Å²) in [6.07, 6.45) is -0.538. The molecule has 0 aromatic heterocycles. The van der Waals surface area contributed by atoms with Crippen LogP contribution in [0.2, 0.25) is 0 Å². The van der Waals surface area contributed by atoms with Crippen molar-refractivity contribution in [1.82, 2.24) is 4.72 Å². The molecule has 2 rings (SSSR count). The first kappa shape index (κ1) is 19.5. The Labute approximate surface area is 147 Å². The maximum absolute atomic E-state index is 13.3. The fourth-order valence-corrected chi connectivity index (χ4v) is 3.42. The fraction of sp³-hybridized carbons (Fsp3) is 0.333. The number of nitrogens with one attached hydrogen (secondary N) is 1. The summed E-state index contributed by atoms with van der Waals surface area (Å²) in [6, 6.07) is 11.2. The van der Waals surface area contributed by atoms with Gasteiger partial charge in [0.25, 0.3) is 0 Å². The van der Waals surface area contributed by atoms with Crippen LogP contribution in [0.3, 0.4) is 0 Å². The third-order valence-electron chi connectivity index (χ3n) is 3.76. The van der Waals surface area contributed by atoms with Gasteiger partial charge in [0.1, 0.15) is 5.82 Å². The number of rotatable bonds is 8. The molecule has 0 heterocycles. The molecule has 5 nitrogen and oxygen atoms in total. The molecule has 2 aromatic rings. The second kappa shape index (κ2) is 8.53. The highest BCUT2D eigenvalue weighted by atomic mass is 32.2. The van der Waals surface area contributed by atoms with Crippen molar-refractivity contribution in [2.24, 2.45) is 0 Å². The molecular formula is C18H22FNO4S. The van der Waals surface area contributed by atoms with Gasteiger partial charge in [0.05, 0.1) is 24.2 Å². The van der Waals surface area contributed by atoms with Crippen molar-refractivity contribution in [3.63, 3.8) is 0 Å². The summed E-state index contributed by atoms with van der Waals surface area (Å²) in [4.78, 5) is -0.00351. The van der Waals surface area contributed by atoms with Gasteiger partial charge in [-0.25, -0.2) is 17.5 Å². The fourth-order valence-electron chi connectivity index (χ4n) is 2.30. The Hall–Kier alpha value is -1.80. The summed E-state index contributed by atoms with van der Waals surface area (Å²) in [7, 11) is -3.79. The van der Waals surface area contributed by atoms with E-state index in [0.717, 1.165) is 17.2 Å². The quantitative estimate of drug-likeness (QED) is 0.752. The average Bonchev–Trinajstić information content (AvgIpc) is 2.58. The Morgan fingerprint density at radius 3 is 2.44 bits per heavy atom. The van der Waals surface area contributed by atoms with Crippen molar-refractivity contribution >= 4 is 10.0 Å². The molecule has 1 atom stereocenters. The number of sulfonamides is 1. The molecule has 0 amide bonds. The molecule has 0 aliphatic carbocycles. The van der Waals surface area contributed by atoms with E-state index in [1.54, 1.807) is 0 Å². The van der Waals surface area contributed by atoms with Crippen LogP contribution in [0.1, 0.15) is 22.8 Å². The van der Waals surface area contributed by atoms with Gasteiger partial charge in [0, 0.05) is 6.54 Å². The molecule has 0 fully saturated rings. The van der Waals surface area contributed by atoms with Crippen molar-refractivity contribution in [1.29, 1.82) is 0 Å². The van der Waals surface area contributed by atoms with Gasteiger partial charge in [-0.2, -0.15) is 0 Å². The van der Waals surface area contributed by atoms with E-state index in [-0.39, 0.29) is 30.2 Å². The van der Waals surface area contributed by atoms with Crippen molar-refractivity contribution in [3.8, 4) is 0 Å². The summed E-state index contributed by atoms with van der Waals surface area (Å²) < 4.78 is 46.2. The van der Waals surface area contributed by atoms with E-state index < -0.39 is 21.9 Å². The summed E-state index contributed by atoms with van der Waals surface area (Å²) in [5.74, 6) is -0.456. The minimum absolute atomic E-state index is 0.00180. The monoisotopic (exact) mass is 367 g/mol. The lowest BCUT2D eigenvalue weighted by Gasteiger charge is -2.19. The zero-order chi connectivity index (χ0) is 18.4. The van der Waals surface area contributed by atoms with E-state index in [1.165, 1.54) is 19.1 Å². The van der Waals surface area contributed by atoms with Crippen LogP contribution < -0.4 is 4.72 Å². The maximum Gasteiger partial charge on any atom is 0.240 e. The highest BCUT2D eigenvalue weighted by molar-refractivity contribution is 7.89. The molecule has 0 bridgehead atoms. The van der Waals surface area contributed by atoms with Crippen LogP contribution >= 0.6 is 0 Å². The predicted molar refractivity (Wildman–Crippen MR) is 93.3 cm³/mol. The third kappa shape index (κ3) is 5.34. The highest BCUT2D eigenvalue weighted by Gasteiger charge is 2.19. The number of aliphatic hydroxyl groups is 1. The zero-order valence-electron chi connectivity index (χ0n) is 14.2. The lowest BCUT2D eigenvalue weighted by molar-refractivity contribution is 0.0309. The number of aryl methyl sites for hydroxylation is 2. The lowest BCUT2D eigenvalue weighted by atomic mass is 10.1. The number of ether oxygens (including phenoxy) is 1. The highest BCUT2D eigenvalue weighted by Crippen LogP contribution is 2.19. The van der Waals surface area contributed by atoms with Crippen molar-refractivity contribution in [2.45, 2.75) is 24.8 Å². The first-order valence-electron chi connectivity index (χ1n) is 7.88. The van der Waals surface area contributed by atoms with Crippen molar-refractivity contribution in [2.75, 3.05) is 19.8 Å². The minimum Gasteiger partial charge on any atom is -0.394 e. The van der Waals surface area contributed by atoms with Crippen LogP contribution in [0.4, 0.5) is 4.39 Å². The Balaban J connectivity index is 2.15. The first-order chi connectivity index (χ1) is 11.8. The molecule has 0 saturated carbocycles. The van der Waals surface area contributed by atoms with Crippen LogP contribution in [-0.4, -0.2) is 33.3 Å². The third-order valence-corrected chi connectivity index (χ3v) is 5.18. The number of aliphatic hydroxyl groups excluding tert-OH is 1. The Morgan fingerprint density at radius 2 is 1.84 bits per heavy atom. The second-order valence-electron chi connectivity index (χ2n) is 5.76. The molecule has 2 aromatic carbocycles. The molecule has 0 saturated heterocycles. The molecule has 0 spiro atoms. The number of benzene rings is 2. The van der Waals surface area contributed by atoms with Gasteiger partial charge in [-0.15, -0.1) is 0 Å². The Morgan fingerprint density at radius 1 is 1.16 bits per heavy atom. The van der Waals surface area contributed by atoms with Gasteiger partial charge >= 0.3 is 0 Å². The molecule has 0 aliphatic rings. The smallest absolute Gasteiger partial charge is 0.240 e. The average molecular weight is 367 g/mol. The molecule has 0 unspecified atom stereocenters. The van der Waals surface area contributed by atoms with Crippen LogP contribution in [0.5, 0.6) is 0 Å². The molecular weight excluding hydrogens is 345 g/mol. The van der Waals surface area contributed by atoms with Gasteiger partial charge in [-0.1, -0.05) is 29.8 Å².